The summed E-state index contributed by atoms with van der Waals surface area (Å²) in [7, 11) is 0. The minimum Gasteiger partial charge on any atom is -0.387 e. The molecule has 2 N–H and O–H groups in total. The maximum Gasteiger partial charge on any atom is 0.112 e. The molecular weight excluding hydrogens is 328 g/mol. The second-order valence-electron chi connectivity index (χ2n) is 5.98. The molecule has 2 aromatic carbocycles. The van der Waals surface area contributed by atoms with Gasteiger partial charge in [0.1, 0.15) is 24.4 Å². The van der Waals surface area contributed by atoms with Crippen LogP contribution in [-0.2, 0) is 22.7 Å². The van der Waals surface area contributed by atoms with Crippen LogP contribution in [0.3, 0.4) is 0 Å². The highest BCUT2D eigenvalue weighted by Gasteiger charge is 2.30. The normalized spacial score (nSPS) is 15.6. The summed E-state index contributed by atoms with van der Waals surface area (Å²) in [5.74, 6) is 0. The van der Waals surface area contributed by atoms with Gasteiger partial charge in [-0.2, -0.15) is 0 Å². The molecule has 4 nitrogen and oxygen atoms in total. The molecule has 4 atom stereocenters. The van der Waals surface area contributed by atoms with E-state index in [0.29, 0.717) is 13.2 Å². The number of ether oxygens (including phenoxy) is 2. The van der Waals surface area contributed by atoms with Crippen LogP contribution in [0.25, 0.3) is 0 Å². The van der Waals surface area contributed by atoms with Gasteiger partial charge < -0.3 is 19.7 Å². The molecule has 0 aliphatic heterocycles. The van der Waals surface area contributed by atoms with Crippen molar-refractivity contribution in [2.24, 2.45) is 0 Å². The van der Waals surface area contributed by atoms with Gasteiger partial charge in [0, 0.05) is 0 Å². The molecule has 4 heteroatoms. The Balaban J connectivity index is 1.91. The fraction of sp³-hybridized carbons (Fsp3) is 0.273. The highest BCUT2D eigenvalue weighted by Crippen LogP contribution is 2.16. The number of rotatable bonds is 11. The van der Waals surface area contributed by atoms with Crippen molar-refractivity contribution in [3.05, 3.63) is 97.1 Å². The summed E-state index contributed by atoms with van der Waals surface area (Å²) < 4.78 is 11.4. The van der Waals surface area contributed by atoms with Crippen molar-refractivity contribution in [1.82, 2.24) is 0 Å². The summed E-state index contributed by atoms with van der Waals surface area (Å²) in [4.78, 5) is 0. The Morgan fingerprint density at radius 1 is 0.692 bits per heavy atom. The van der Waals surface area contributed by atoms with Gasteiger partial charge in [-0.05, 0) is 11.1 Å². The average Bonchev–Trinajstić information content (AvgIpc) is 2.70. The first-order valence-corrected chi connectivity index (χ1v) is 8.58. The largest absolute Gasteiger partial charge is 0.387 e. The molecule has 0 saturated heterocycles. The van der Waals surface area contributed by atoms with Crippen molar-refractivity contribution in [2.45, 2.75) is 37.6 Å². The summed E-state index contributed by atoms with van der Waals surface area (Å²) in [6.45, 7) is 8.01. The molecule has 26 heavy (non-hydrogen) atoms. The fourth-order valence-corrected chi connectivity index (χ4v) is 2.53. The first kappa shape index (κ1) is 20.1. The SMILES string of the molecule is C=C[C@H](OCc1ccccc1)[C@H](O)[C@@H](O)[C@H](C=C)OCc1ccccc1. The van der Waals surface area contributed by atoms with E-state index in [1.165, 1.54) is 12.2 Å². The van der Waals surface area contributed by atoms with E-state index in [4.69, 9.17) is 9.47 Å². The monoisotopic (exact) mass is 354 g/mol. The van der Waals surface area contributed by atoms with Crippen LogP contribution in [0.4, 0.5) is 0 Å². The Bertz CT molecular complexity index is 597. The molecule has 0 saturated carbocycles. The highest BCUT2D eigenvalue weighted by molar-refractivity contribution is 5.14. The van der Waals surface area contributed by atoms with Gasteiger partial charge in [-0.15, -0.1) is 13.2 Å². The van der Waals surface area contributed by atoms with Crippen molar-refractivity contribution in [3.8, 4) is 0 Å². The number of aliphatic hydroxyl groups excluding tert-OH is 2. The van der Waals surface area contributed by atoms with Gasteiger partial charge in [0.15, 0.2) is 0 Å². The summed E-state index contributed by atoms with van der Waals surface area (Å²) in [6.07, 6.45) is -0.867. The van der Waals surface area contributed by atoms with Crippen molar-refractivity contribution in [3.63, 3.8) is 0 Å². The van der Waals surface area contributed by atoms with E-state index in [1.54, 1.807) is 0 Å². The zero-order chi connectivity index (χ0) is 18.8. The van der Waals surface area contributed by atoms with Crippen LogP contribution in [0.1, 0.15) is 11.1 Å². The van der Waals surface area contributed by atoms with Crippen molar-refractivity contribution >= 4 is 0 Å². The first-order valence-electron chi connectivity index (χ1n) is 8.58. The third-order valence-electron chi connectivity index (χ3n) is 4.06. The van der Waals surface area contributed by atoms with Crippen molar-refractivity contribution in [1.29, 1.82) is 0 Å². The lowest BCUT2D eigenvalue weighted by molar-refractivity contribution is -0.119. The van der Waals surface area contributed by atoms with Gasteiger partial charge in [-0.25, -0.2) is 0 Å². The third kappa shape index (κ3) is 5.93. The van der Waals surface area contributed by atoms with E-state index in [0.717, 1.165) is 11.1 Å². The van der Waals surface area contributed by atoms with Crippen molar-refractivity contribution in [2.75, 3.05) is 0 Å². The molecular formula is C22H26O4. The maximum absolute atomic E-state index is 10.5. The zero-order valence-electron chi connectivity index (χ0n) is 14.8. The number of benzene rings is 2. The quantitative estimate of drug-likeness (QED) is 0.608. The van der Waals surface area contributed by atoms with Crippen LogP contribution >= 0.6 is 0 Å². The average molecular weight is 354 g/mol. The number of aliphatic hydroxyl groups is 2. The van der Waals surface area contributed by atoms with Gasteiger partial charge >= 0.3 is 0 Å². The lowest BCUT2D eigenvalue weighted by Crippen LogP contribution is -2.45. The lowest BCUT2D eigenvalue weighted by atomic mass is 10.0. The summed E-state index contributed by atoms with van der Waals surface area (Å²) in [5, 5.41) is 21.0. The first-order chi connectivity index (χ1) is 12.7. The van der Waals surface area contributed by atoms with Crippen molar-refractivity contribution < 1.29 is 19.7 Å². The second kappa shape index (κ2) is 10.7. The minimum atomic E-state index is -1.19. The molecule has 0 amide bonds. The maximum atomic E-state index is 10.5. The fourth-order valence-electron chi connectivity index (χ4n) is 2.53. The van der Waals surface area contributed by atoms with E-state index in [1.807, 2.05) is 60.7 Å². The molecule has 0 fully saturated rings. The van der Waals surface area contributed by atoms with Gasteiger partial charge in [0.2, 0.25) is 0 Å². The number of hydrogen-bond donors (Lipinski definition) is 2. The van der Waals surface area contributed by atoms with Gasteiger partial charge in [0.05, 0.1) is 13.2 Å². The molecule has 0 aliphatic rings. The molecule has 0 spiro atoms. The molecule has 0 heterocycles. The smallest absolute Gasteiger partial charge is 0.112 e. The van der Waals surface area contributed by atoms with E-state index in [9.17, 15) is 10.2 Å². The molecule has 0 bridgehead atoms. The van der Waals surface area contributed by atoms with E-state index < -0.39 is 24.4 Å². The Labute approximate surface area is 155 Å². The summed E-state index contributed by atoms with van der Waals surface area (Å²) in [6, 6.07) is 19.2. The van der Waals surface area contributed by atoms with Gasteiger partial charge in [-0.3, -0.25) is 0 Å². The van der Waals surface area contributed by atoms with Crippen LogP contribution in [0.15, 0.2) is 86.0 Å². The molecule has 0 aromatic heterocycles. The van der Waals surface area contributed by atoms with Crippen LogP contribution in [0.5, 0.6) is 0 Å². The van der Waals surface area contributed by atoms with Crippen LogP contribution in [-0.4, -0.2) is 34.6 Å². The van der Waals surface area contributed by atoms with E-state index in [-0.39, 0.29) is 0 Å². The van der Waals surface area contributed by atoms with E-state index >= 15 is 0 Å². The van der Waals surface area contributed by atoms with Crippen LogP contribution in [0.2, 0.25) is 0 Å². The Kier molecular flexibility index (Phi) is 8.25. The molecule has 2 aromatic rings. The molecule has 0 aliphatic carbocycles. The van der Waals surface area contributed by atoms with Gasteiger partial charge in [-0.1, -0.05) is 72.8 Å². The van der Waals surface area contributed by atoms with E-state index in [2.05, 4.69) is 13.2 Å². The molecule has 0 unspecified atom stereocenters. The van der Waals surface area contributed by atoms with Crippen LogP contribution < -0.4 is 0 Å². The summed E-state index contributed by atoms with van der Waals surface area (Å²) >= 11 is 0. The topological polar surface area (TPSA) is 58.9 Å². The Hall–Kier alpha value is -2.24. The standard InChI is InChI=1S/C22H26O4/c1-3-19(25-15-17-11-7-5-8-12-17)21(23)22(24)20(4-2)26-16-18-13-9-6-10-14-18/h3-14,19-24H,1-2,15-16H2/t19-,20-,21-,22-/m0/s1. The number of hydrogen-bond acceptors (Lipinski definition) is 4. The lowest BCUT2D eigenvalue weighted by Gasteiger charge is -2.29. The second-order valence-corrected chi connectivity index (χ2v) is 5.98. The molecule has 138 valence electrons. The Morgan fingerprint density at radius 3 is 1.35 bits per heavy atom. The summed E-state index contributed by atoms with van der Waals surface area (Å²) in [5.41, 5.74) is 1.95. The predicted molar refractivity (Wildman–Crippen MR) is 102 cm³/mol. The predicted octanol–water partition coefficient (Wildman–Crippen LogP) is 3.25. The third-order valence-corrected chi connectivity index (χ3v) is 4.06. The molecule has 0 radical (unpaired) electrons. The minimum absolute atomic E-state index is 0.310. The van der Waals surface area contributed by atoms with Crippen LogP contribution in [0, 0.1) is 0 Å². The Morgan fingerprint density at radius 2 is 1.04 bits per heavy atom. The van der Waals surface area contributed by atoms with Gasteiger partial charge in [0.25, 0.3) is 0 Å². The molecule has 2 rings (SSSR count). The zero-order valence-corrected chi connectivity index (χ0v) is 14.8. The highest BCUT2D eigenvalue weighted by atomic mass is 16.5.